The van der Waals surface area contributed by atoms with E-state index in [1.807, 2.05) is 6.92 Å². The molecule has 1 amide bonds. The lowest BCUT2D eigenvalue weighted by Gasteiger charge is -2.22. The second-order valence-electron chi connectivity index (χ2n) is 4.81. The fourth-order valence-electron chi connectivity index (χ4n) is 2.33. The molecule has 102 valence electrons. The molecule has 18 heavy (non-hydrogen) atoms. The summed E-state index contributed by atoms with van der Waals surface area (Å²) in [5.41, 5.74) is 7.48. The Kier molecular flexibility index (Phi) is 4.76. The first-order chi connectivity index (χ1) is 8.42. The van der Waals surface area contributed by atoms with Gasteiger partial charge in [-0.25, -0.2) is 0 Å². The standard InChI is InChI=1S/C13H24N4O/c1-6-10(7-2)8(3)15-13(18)12-11(14)9(4)16-17(12)5/h8,10H,6-7,14H2,1-5H3,(H,15,18). The van der Waals surface area contributed by atoms with Crippen LogP contribution in [0.4, 0.5) is 5.69 Å². The molecule has 0 aliphatic carbocycles. The summed E-state index contributed by atoms with van der Waals surface area (Å²) in [6.45, 7) is 8.12. The van der Waals surface area contributed by atoms with Crippen molar-refractivity contribution in [3.05, 3.63) is 11.4 Å². The Balaban J connectivity index is 2.82. The van der Waals surface area contributed by atoms with Gasteiger partial charge < -0.3 is 11.1 Å². The summed E-state index contributed by atoms with van der Waals surface area (Å²) in [6.07, 6.45) is 2.11. The van der Waals surface area contributed by atoms with Crippen LogP contribution in [-0.2, 0) is 7.05 Å². The van der Waals surface area contributed by atoms with Crippen LogP contribution in [0.15, 0.2) is 0 Å². The summed E-state index contributed by atoms with van der Waals surface area (Å²) in [5.74, 6) is 0.347. The monoisotopic (exact) mass is 252 g/mol. The van der Waals surface area contributed by atoms with E-state index < -0.39 is 0 Å². The Labute approximate surface area is 109 Å². The SMILES string of the molecule is CCC(CC)C(C)NC(=O)c1c(N)c(C)nn1C. The van der Waals surface area contributed by atoms with E-state index in [1.54, 1.807) is 18.7 Å². The highest BCUT2D eigenvalue weighted by molar-refractivity contribution is 5.98. The average Bonchev–Trinajstić information content (AvgIpc) is 2.54. The fraction of sp³-hybridized carbons (Fsp3) is 0.692. The van der Waals surface area contributed by atoms with Crippen LogP contribution >= 0.6 is 0 Å². The predicted octanol–water partition coefficient (Wildman–Crippen LogP) is 1.87. The third-order valence-electron chi connectivity index (χ3n) is 3.60. The summed E-state index contributed by atoms with van der Waals surface area (Å²) in [6, 6.07) is 0.141. The van der Waals surface area contributed by atoms with Crippen LogP contribution in [0.2, 0.25) is 0 Å². The third-order valence-corrected chi connectivity index (χ3v) is 3.60. The first-order valence-corrected chi connectivity index (χ1v) is 6.52. The number of hydrogen-bond acceptors (Lipinski definition) is 3. The lowest BCUT2D eigenvalue weighted by atomic mass is 9.95. The number of carbonyl (C=O) groups is 1. The van der Waals surface area contributed by atoms with Gasteiger partial charge in [0.2, 0.25) is 0 Å². The summed E-state index contributed by atoms with van der Waals surface area (Å²) in [7, 11) is 1.74. The van der Waals surface area contributed by atoms with Crippen molar-refractivity contribution in [1.29, 1.82) is 0 Å². The Morgan fingerprint density at radius 2 is 2.00 bits per heavy atom. The molecular formula is C13H24N4O. The predicted molar refractivity (Wildman–Crippen MR) is 73.4 cm³/mol. The van der Waals surface area contributed by atoms with Crippen molar-refractivity contribution < 1.29 is 4.79 Å². The lowest BCUT2D eigenvalue weighted by Crippen LogP contribution is -2.38. The van der Waals surface area contributed by atoms with Gasteiger partial charge in [0.15, 0.2) is 0 Å². The number of nitrogens with zero attached hydrogens (tertiary/aromatic N) is 2. The van der Waals surface area contributed by atoms with Crippen LogP contribution in [0.25, 0.3) is 0 Å². The van der Waals surface area contributed by atoms with Gasteiger partial charge in [0.05, 0.1) is 11.4 Å². The van der Waals surface area contributed by atoms with Crippen LogP contribution in [-0.4, -0.2) is 21.7 Å². The minimum Gasteiger partial charge on any atom is -0.395 e. The van der Waals surface area contributed by atoms with E-state index >= 15 is 0 Å². The highest BCUT2D eigenvalue weighted by atomic mass is 16.2. The maximum Gasteiger partial charge on any atom is 0.271 e. The van der Waals surface area contributed by atoms with E-state index in [4.69, 9.17) is 5.73 Å². The largest absolute Gasteiger partial charge is 0.395 e. The van der Waals surface area contributed by atoms with Crippen molar-refractivity contribution in [2.45, 2.75) is 46.6 Å². The van der Waals surface area contributed by atoms with Crippen LogP contribution in [0.1, 0.15) is 49.8 Å². The molecule has 0 spiro atoms. The Bertz CT molecular complexity index is 421. The molecule has 3 N–H and O–H groups in total. The maximum absolute atomic E-state index is 12.2. The summed E-state index contributed by atoms with van der Waals surface area (Å²) in [5, 5.41) is 7.17. The van der Waals surface area contributed by atoms with Gasteiger partial charge in [-0.2, -0.15) is 5.10 Å². The molecule has 1 atom stereocenters. The van der Waals surface area contributed by atoms with Crippen LogP contribution in [0.3, 0.4) is 0 Å². The van der Waals surface area contributed by atoms with Crippen molar-refractivity contribution in [3.63, 3.8) is 0 Å². The van der Waals surface area contributed by atoms with Gasteiger partial charge in [0.1, 0.15) is 5.69 Å². The normalized spacial score (nSPS) is 12.8. The molecule has 0 fully saturated rings. The van der Waals surface area contributed by atoms with E-state index in [2.05, 4.69) is 24.3 Å². The highest BCUT2D eigenvalue weighted by Gasteiger charge is 2.21. The van der Waals surface area contributed by atoms with E-state index in [-0.39, 0.29) is 11.9 Å². The molecule has 1 heterocycles. The molecule has 0 aliphatic heterocycles. The van der Waals surface area contributed by atoms with Crippen LogP contribution < -0.4 is 11.1 Å². The van der Waals surface area contributed by atoms with E-state index in [1.165, 1.54) is 0 Å². The van der Waals surface area contributed by atoms with E-state index in [9.17, 15) is 4.79 Å². The zero-order valence-corrected chi connectivity index (χ0v) is 11.9. The molecule has 1 aromatic rings. The molecule has 0 aromatic carbocycles. The summed E-state index contributed by atoms with van der Waals surface area (Å²) < 4.78 is 1.54. The molecule has 0 radical (unpaired) electrons. The molecular weight excluding hydrogens is 228 g/mol. The Hall–Kier alpha value is -1.52. The summed E-state index contributed by atoms with van der Waals surface area (Å²) >= 11 is 0. The molecule has 0 saturated heterocycles. The first kappa shape index (κ1) is 14.5. The van der Waals surface area contributed by atoms with Gasteiger partial charge in [0.25, 0.3) is 5.91 Å². The number of aryl methyl sites for hydroxylation is 2. The number of aromatic nitrogens is 2. The molecule has 5 nitrogen and oxygen atoms in total. The molecule has 5 heteroatoms. The number of nitrogens with one attached hydrogen (secondary N) is 1. The molecule has 1 rings (SSSR count). The van der Waals surface area contributed by atoms with Crippen molar-refractivity contribution >= 4 is 11.6 Å². The molecule has 1 unspecified atom stereocenters. The minimum absolute atomic E-state index is 0.141. The number of rotatable bonds is 5. The fourth-order valence-corrected chi connectivity index (χ4v) is 2.33. The van der Waals surface area contributed by atoms with Crippen LogP contribution in [0.5, 0.6) is 0 Å². The van der Waals surface area contributed by atoms with Crippen molar-refractivity contribution in [3.8, 4) is 0 Å². The van der Waals surface area contributed by atoms with Gasteiger partial charge in [-0.3, -0.25) is 9.48 Å². The van der Waals surface area contributed by atoms with E-state index in [0.717, 1.165) is 12.8 Å². The van der Waals surface area contributed by atoms with Gasteiger partial charge in [-0.15, -0.1) is 0 Å². The molecule has 0 bridgehead atoms. The number of hydrogen-bond donors (Lipinski definition) is 2. The minimum atomic E-state index is -0.144. The van der Waals surface area contributed by atoms with Crippen molar-refractivity contribution in [2.75, 3.05) is 5.73 Å². The average molecular weight is 252 g/mol. The quantitative estimate of drug-likeness (QED) is 0.840. The molecule has 0 aliphatic rings. The zero-order chi connectivity index (χ0) is 13.9. The van der Waals surface area contributed by atoms with Gasteiger partial charge in [0, 0.05) is 13.1 Å². The highest BCUT2D eigenvalue weighted by Crippen LogP contribution is 2.17. The second kappa shape index (κ2) is 5.89. The Morgan fingerprint density at radius 3 is 2.39 bits per heavy atom. The zero-order valence-electron chi connectivity index (χ0n) is 11.9. The molecule has 0 saturated carbocycles. The van der Waals surface area contributed by atoms with Gasteiger partial charge >= 0.3 is 0 Å². The lowest BCUT2D eigenvalue weighted by molar-refractivity contribution is 0.0916. The molecule has 1 aromatic heterocycles. The van der Waals surface area contributed by atoms with Gasteiger partial charge in [-0.1, -0.05) is 26.7 Å². The first-order valence-electron chi connectivity index (χ1n) is 6.52. The summed E-state index contributed by atoms with van der Waals surface area (Å²) in [4.78, 5) is 12.2. The van der Waals surface area contributed by atoms with Crippen molar-refractivity contribution in [2.24, 2.45) is 13.0 Å². The van der Waals surface area contributed by atoms with Crippen LogP contribution in [0, 0.1) is 12.8 Å². The van der Waals surface area contributed by atoms with E-state index in [0.29, 0.717) is 23.0 Å². The number of nitrogens with two attached hydrogens (primary N) is 1. The number of amides is 1. The third kappa shape index (κ3) is 2.83. The topological polar surface area (TPSA) is 72.9 Å². The maximum atomic E-state index is 12.2. The number of anilines is 1. The smallest absolute Gasteiger partial charge is 0.271 e. The van der Waals surface area contributed by atoms with Crippen molar-refractivity contribution in [1.82, 2.24) is 15.1 Å². The number of carbonyl (C=O) groups excluding carboxylic acids is 1. The number of nitrogen functional groups attached to an aromatic ring is 1. The van der Waals surface area contributed by atoms with Gasteiger partial charge in [-0.05, 0) is 19.8 Å². The second-order valence-corrected chi connectivity index (χ2v) is 4.81. The Morgan fingerprint density at radius 1 is 1.44 bits per heavy atom.